The molecule has 2 N–H and O–H groups in total. The molecular weight excluding hydrogens is 322 g/mol. The predicted molar refractivity (Wildman–Crippen MR) is 94.5 cm³/mol. The van der Waals surface area contributed by atoms with Crippen molar-refractivity contribution < 1.29 is 24.1 Å². The fourth-order valence-corrected chi connectivity index (χ4v) is 2.56. The molecule has 2 rings (SSSR count). The van der Waals surface area contributed by atoms with Crippen LogP contribution >= 0.6 is 0 Å². The zero-order chi connectivity index (χ0) is 18.2. The first kappa shape index (κ1) is 18.6. The van der Waals surface area contributed by atoms with Crippen molar-refractivity contribution in [3.05, 3.63) is 53.6 Å². The van der Waals surface area contributed by atoms with Crippen molar-refractivity contribution in [3.63, 3.8) is 0 Å². The number of carboxylic acids is 1. The van der Waals surface area contributed by atoms with Crippen LogP contribution in [0.3, 0.4) is 0 Å². The largest absolute Gasteiger partial charge is 0.496 e. The van der Waals surface area contributed by atoms with E-state index in [-0.39, 0.29) is 0 Å². The first-order valence-electron chi connectivity index (χ1n) is 7.88. The van der Waals surface area contributed by atoms with Crippen LogP contribution in [0.25, 0.3) is 0 Å². The summed E-state index contributed by atoms with van der Waals surface area (Å²) in [6, 6.07) is 12.3. The number of methoxy groups -OCH3 is 3. The molecule has 0 unspecified atom stereocenters. The Morgan fingerprint density at radius 1 is 1.00 bits per heavy atom. The van der Waals surface area contributed by atoms with Gasteiger partial charge in [-0.25, -0.2) is 0 Å². The summed E-state index contributed by atoms with van der Waals surface area (Å²) in [6.07, 6.45) is 0.395. The highest BCUT2D eigenvalue weighted by molar-refractivity contribution is 5.74. The van der Waals surface area contributed by atoms with Gasteiger partial charge in [0.25, 0.3) is 0 Å². The third-order valence-electron chi connectivity index (χ3n) is 3.91. The maximum atomic E-state index is 11.6. The quantitative estimate of drug-likeness (QED) is 0.727. The van der Waals surface area contributed by atoms with Crippen molar-refractivity contribution in [1.29, 1.82) is 0 Å². The van der Waals surface area contributed by atoms with Gasteiger partial charge in [-0.1, -0.05) is 30.3 Å². The molecule has 0 radical (unpaired) electrons. The first-order chi connectivity index (χ1) is 12.1. The van der Waals surface area contributed by atoms with Crippen LogP contribution in [-0.2, 0) is 17.8 Å². The third-order valence-corrected chi connectivity index (χ3v) is 3.91. The normalized spacial score (nSPS) is 11.6. The molecule has 1 atom stereocenters. The first-order valence-corrected chi connectivity index (χ1v) is 7.88. The summed E-state index contributed by atoms with van der Waals surface area (Å²) in [5.74, 6) is 0.828. The molecule has 0 aliphatic rings. The Kier molecular flexibility index (Phi) is 6.65. The summed E-state index contributed by atoms with van der Waals surface area (Å²) in [6.45, 7) is 0.327. The van der Waals surface area contributed by atoms with Gasteiger partial charge in [0, 0.05) is 18.2 Å². The van der Waals surface area contributed by atoms with E-state index in [0.29, 0.717) is 30.2 Å². The lowest BCUT2D eigenvalue weighted by Crippen LogP contribution is -2.38. The van der Waals surface area contributed by atoms with E-state index in [1.54, 1.807) is 33.5 Å². The lowest BCUT2D eigenvalue weighted by Gasteiger charge is -2.18. The Hall–Kier alpha value is -2.73. The Morgan fingerprint density at radius 2 is 1.60 bits per heavy atom. The van der Waals surface area contributed by atoms with Gasteiger partial charge in [0.15, 0.2) is 11.5 Å². The van der Waals surface area contributed by atoms with E-state index >= 15 is 0 Å². The average Bonchev–Trinajstić information content (AvgIpc) is 2.64. The molecule has 2 aromatic rings. The summed E-state index contributed by atoms with van der Waals surface area (Å²) in [5.41, 5.74) is 1.75. The van der Waals surface area contributed by atoms with Gasteiger partial charge in [-0.15, -0.1) is 0 Å². The molecule has 2 aromatic carbocycles. The second-order valence-electron chi connectivity index (χ2n) is 5.48. The highest BCUT2D eigenvalue weighted by atomic mass is 16.5. The Bertz CT molecular complexity index is 702. The lowest BCUT2D eigenvalue weighted by molar-refractivity contribution is -0.139. The van der Waals surface area contributed by atoms with Crippen molar-refractivity contribution >= 4 is 5.97 Å². The van der Waals surface area contributed by atoms with Gasteiger partial charge in [0.1, 0.15) is 11.8 Å². The van der Waals surface area contributed by atoms with Crippen molar-refractivity contribution in [2.75, 3.05) is 21.3 Å². The van der Waals surface area contributed by atoms with E-state index in [1.165, 1.54) is 0 Å². The van der Waals surface area contributed by atoms with Crippen LogP contribution in [0.15, 0.2) is 42.5 Å². The van der Waals surface area contributed by atoms with Crippen LogP contribution in [0.5, 0.6) is 17.2 Å². The Labute approximate surface area is 147 Å². The second kappa shape index (κ2) is 8.94. The summed E-state index contributed by atoms with van der Waals surface area (Å²) < 4.78 is 15.9. The Morgan fingerprint density at radius 3 is 2.16 bits per heavy atom. The highest BCUT2D eigenvalue weighted by Gasteiger charge is 2.19. The number of carbonyl (C=O) groups is 1. The zero-order valence-electron chi connectivity index (χ0n) is 14.6. The van der Waals surface area contributed by atoms with Gasteiger partial charge in [-0.3, -0.25) is 10.1 Å². The fraction of sp³-hybridized carbons (Fsp3) is 0.316. The third kappa shape index (κ3) is 4.87. The maximum Gasteiger partial charge on any atom is 0.321 e. The average molecular weight is 345 g/mol. The molecule has 0 heterocycles. The van der Waals surface area contributed by atoms with Gasteiger partial charge >= 0.3 is 5.97 Å². The van der Waals surface area contributed by atoms with E-state index in [4.69, 9.17) is 14.2 Å². The predicted octanol–water partition coefficient (Wildman–Crippen LogP) is 2.50. The summed E-state index contributed by atoms with van der Waals surface area (Å²) in [5, 5.41) is 12.6. The number of carboxylic acid groups (broad SMARTS) is 1. The monoisotopic (exact) mass is 345 g/mol. The molecule has 0 aromatic heterocycles. The van der Waals surface area contributed by atoms with Gasteiger partial charge in [0.2, 0.25) is 0 Å². The van der Waals surface area contributed by atoms with E-state index in [1.807, 2.05) is 30.3 Å². The molecule has 134 valence electrons. The van der Waals surface area contributed by atoms with Crippen LogP contribution in [-0.4, -0.2) is 38.4 Å². The minimum atomic E-state index is -0.900. The summed E-state index contributed by atoms with van der Waals surface area (Å²) >= 11 is 0. The standard InChI is InChI=1S/C19H23NO5/c1-23-16-11-18(25-3)17(24-2)10-14(16)12-20-15(19(21)22)9-13-7-5-4-6-8-13/h4-8,10-11,15,20H,9,12H2,1-3H3,(H,21,22)/t15-/m0/s1. The number of rotatable bonds is 9. The SMILES string of the molecule is COc1cc(OC)c(OC)cc1CN[C@@H](Cc1ccccc1)C(=O)O. The van der Waals surface area contributed by atoms with Gasteiger partial charge in [-0.2, -0.15) is 0 Å². The number of nitrogens with one attached hydrogen (secondary N) is 1. The molecule has 6 heteroatoms. The topological polar surface area (TPSA) is 77.0 Å². The van der Waals surface area contributed by atoms with Crippen LogP contribution in [0.1, 0.15) is 11.1 Å². The van der Waals surface area contributed by atoms with Crippen molar-refractivity contribution in [1.82, 2.24) is 5.32 Å². The summed E-state index contributed by atoms with van der Waals surface area (Å²) in [4.78, 5) is 11.6. The van der Waals surface area contributed by atoms with E-state index in [9.17, 15) is 9.90 Å². The highest BCUT2D eigenvalue weighted by Crippen LogP contribution is 2.34. The van der Waals surface area contributed by atoms with Crippen LogP contribution in [0.4, 0.5) is 0 Å². The molecule has 0 fully saturated rings. The van der Waals surface area contributed by atoms with Gasteiger partial charge < -0.3 is 19.3 Å². The maximum absolute atomic E-state index is 11.6. The van der Waals surface area contributed by atoms with Crippen molar-refractivity contribution in [2.45, 2.75) is 19.0 Å². The minimum Gasteiger partial charge on any atom is -0.496 e. The second-order valence-corrected chi connectivity index (χ2v) is 5.48. The zero-order valence-corrected chi connectivity index (χ0v) is 14.6. The molecular formula is C19H23NO5. The van der Waals surface area contributed by atoms with E-state index in [2.05, 4.69) is 5.32 Å². The van der Waals surface area contributed by atoms with Gasteiger partial charge in [-0.05, 0) is 18.1 Å². The molecule has 0 amide bonds. The number of benzene rings is 2. The number of aliphatic carboxylic acids is 1. The molecule has 0 saturated carbocycles. The number of hydrogen-bond acceptors (Lipinski definition) is 5. The molecule has 25 heavy (non-hydrogen) atoms. The number of hydrogen-bond donors (Lipinski definition) is 2. The van der Waals surface area contributed by atoms with Crippen molar-refractivity contribution in [3.8, 4) is 17.2 Å². The molecule has 0 spiro atoms. The minimum absolute atomic E-state index is 0.327. The van der Waals surface area contributed by atoms with Crippen molar-refractivity contribution in [2.24, 2.45) is 0 Å². The fourth-order valence-electron chi connectivity index (χ4n) is 2.56. The molecule has 0 saturated heterocycles. The lowest BCUT2D eigenvalue weighted by atomic mass is 10.1. The summed E-state index contributed by atoms with van der Waals surface area (Å²) in [7, 11) is 4.66. The molecule has 6 nitrogen and oxygen atoms in total. The smallest absolute Gasteiger partial charge is 0.321 e. The molecule has 0 aliphatic carbocycles. The van der Waals surface area contributed by atoms with Crippen LogP contribution in [0, 0.1) is 0 Å². The van der Waals surface area contributed by atoms with E-state index in [0.717, 1.165) is 11.1 Å². The Balaban J connectivity index is 2.15. The van der Waals surface area contributed by atoms with E-state index < -0.39 is 12.0 Å². The molecule has 0 aliphatic heterocycles. The van der Waals surface area contributed by atoms with Crippen LogP contribution in [0.2, 0.25) is 0 Å². The number of ether oxygens (including phenoxy) is 3. The molecule has 0 bridgehead atoms. The van der Waals surface area contributed by atoms with Gasteiger partial charge in [0.05, 0.1) is 21.3 Å². The van der Waals surface area contributed by atoms with Crippen LogP contribution < -0.4 is 19.5 Å².